The van der Waals surface area contributed by atoms with Gasteiger partial charge in [-0.3, -0.25) is 0 Å². The van der Waals surface area contributed by atoms with E-state index in [1.165, 1.54) is 6.92 Å². The Morgan fingerprint density at radius 2 is 1.71 bits per heavy atom. The molecular weight excluding hydrogens is 329 g/mol. The zero-order valence-corrected chi connectivity index (χ0v) is 13.9. The first-order valence-corrected chi connectivity index (χ1v) is 8.55. The summed E-state index contributed by atoms with van der Waals surface area (Å²) < 4.78 is 51.7. The molecule has 4 saturated heterocycles. The first kappa shape index (κ1) is 17.0. The van der Waals surface area contributed by atoms with Gasteiger partial charge in [0, 0.05) is 18.3 Å². The molecule has 0 amide bonds. The maximum atomic E-state index is 13.6. The van der Waals surface area contributed by atoms with Gasteiger partial charge in [0.15, 0.2) is 11.9 Å². The molecule has 1 saturated carbocycles. The van der Waals surface area contributed by atoms with Gasteiger partial charge in [-0.25, -0.2) is 9.78 Å². The van der Waals surface area contributed by atoms with Gasteiger partial charge in [0.2, 0.25) is 5.79 Å². The van der Waals surface area contributed by atoms with Crippen LogP contribution in [0.5, 0.6) is 0 Å². The summed E-state index contributed by atoms with van der Waals surface area (Å²) >= 11 is 0. The topological polar surface area (TPSA) is 57.2 Å². The van der Waals surface area contributed by atoms with Crippen LogP contribution < -0.4 is 0 Å². The molecule has 1 spiro atoms. The number of fused-ring (bicyclic) bond motifs is 2. The van der Waals surface area contributed by atoms with Gasteiger partial charge in [-0.05, 0) is 38.0 Å². The second-order valence-corrected chi connectivity index (χ2v) is 8.01. The minimum atomic E-state index is -4.91. The average molecular weight is 352 g/mol. The number of rotatable bonds is 0. The molecule has 0 radical (unpaired) electrons. The van der Waals surface area contributed by atoms with E-state index in [4.69, 9.17) is 19.2 Å². The van der Waals surface area contributed by atoms with E-state index in [1.807, 2.05) is 0 Å². The van der Waals surface area contributed by atoms with Gasteiger partial charge >= 0.3 is 6.18 Å². The van der Waals surface area contributed by atoms with Crippen molar-refractivity contribution in [3.05, 3.63) is 0 Å². The smallest absolute Gasteiger partial charge is 0.358 e. The third-order valence-corrected chi connectivity index (χ3v) is 6.69. The maximum absolute atomic E-state index is 13.6. The fraction of sp³-hybridized carbons (Fsp3) is 1.00. The number of halogens is 3. The molecule has 5 nitrogen and oxygen atoms in total. The number of hydrogen-bond donors (Lipinski definition) is 1. The second kappa shape index (κ2) is 4.85. The highest BCUT2D eigenvalue weighted by molar-refractivity contribution is 5.12. The van der Waals surface area contributed by atoms with Crippen molar-refractivity contribution in [3.63, 3.8) is 0 Å². The summed E-state index contributed by atoms with van der Waals surface area (Å²) in [5, 5.41) is 10.4. The normalized spacial score (nSPS) is 57.4. The van der Waals surface area contributed by atoms with Crippen LogP contribution >= 0.6 is 0 Å². The largest absolute Gasteiger partial charge is 0.443 e. The summed E-state index contributed by atoms with van der Waals surface area (Å²) in [4.78, 5) is 11.3. The van der Waals surface area contributed by atoms with E-state index < -0.39 is 41.5 Å². The Balaban J connectivity index is 1.84. The van der Waals surface area contributed by atoms with E-state index in [1.54, 1.807) is 6.92 Å². The van der Waals surface area contributed by atoms with Gasteiger partial charge in [-0.15, -0.1) is 0 Å². The van der Waals surface area contributed by atoms with E-state index in [-0.39, 0.29) is 11.8 Å². The summed E-state index contributed by atoms with van der Waals surface area (Å²) in [6.45, 7) is 5.08. The van der Waals surface area contributed by atoms with E-state index in [0.29, 0.717) is 12.8 Å². The SMILES string of the molecule is C[C@@H]1CC[C@H]2[C@@H](C)[C@](O)(C(F)(F)F)O[C@@H]3O[C@]4(C)CCC1[C@]32OO4. The molecule has 0 aromatic rings. The average Bonchev–Trinajstić information content (AvgIpc) is 2.70. The van der Waals surface area contributed by atoms with Gasteiger partial charge in [0.1, 0.15) is 0 Å². The monoisotopic (exact) mass is 352 g/mol. The molecule has 4 heterocycles. The molecule has 5 fully saturated rings. The Bertz CT molecular complexity index is 542. The predicted molar refractivity (Wildman–Crippen MR) is 74.0 cm³/mol. The van der Waals surface area contributed by atoms with Crippen LogP contribution in [0.15, 0.2) is 0 Å². The molecule has 138 valence electrons. The Hall–Kier alpha value is -0.410. The summed E-state index contributed by atoms with van der Waals surface area (Å²) in [6, 6.07) is 0. The molecule has 0 aromatic carbocycles. The molecule has 24 heavy (non-hydrogen) atoms. The molecule has 5 aliphatic rings. The first-order chi connectivity index (χ1) is 11.0. The Morgan fingerprint density at radius 3 is 2.38 bits per heavy atom. The van der Waals surface area contributed by atoms with Crippen LogP contribution in [-0.2, 0) is 19.2 Å². The lowest BCUT2D eigenvalue weighted by molar-refractivity contribution is -0.597. The van der Waals surface area contributed by atoms with Gasteiger partial charge in [0.25, 0.3) is 5.79 Å². The fourth-order valence-corrected chi connectivity index (χ4v) is 5.25. The standard InChI is InChI=1S/C16H23F3O5/c1-8-4-5-11-9(2)15(20,16(17,18)19)22-12-14(11)10(8)6-7-13(3,21-12)23-24-14/h8-12,20H,4-7H2,1-3H3/t8-,9-,10?,11+,12+,13+,14-,15-/m1/s1. The predicted octanol–water partition coefficient (Wildman–Crippen LogP) is 3.12. The third-order valence-electron chi connectivity index (χ3n) is 6.69. The zero-order chi connectivity index (χ0) is 17.5. The van der Waals surface area contributed by atoms with Crippen LogP contribution in [0.3, 0.4) is 0 Å². The molecule has 5 rings (SSSR count). The summed E-state index contributed by atoms with van der Waals surface area (Å²) in [7, 11) is 0. The molecular formula is C16H23F3O5. The van der Waals surface area contributed by atoms with Crippen LogP contribution in [0.25, 0.3) is 0 Å². The van der Waals surface area contributed by atoms with Crippen molar-refractivity contribution in [2.24, 2.45) is 23.7 Å². The molecule has 0 aromatic heterocycles. The van der Waals surface area contributed by atoms with Crippen molar-refractivity contribution in [2.75, 3.05) is 0 Å². The van der Waals surface area contributed by atoms with E-state index in [9.17, 15) is 18.3 Å². The van der Waals surface area contributed by atoms with Crippen molar-refractivity contribution in [2.45, 2.75) is 76.1 Å². The minimum Gasteiger partial charge on any atom is -0.358 e. The van der Waals surface area contributed by atoms with Gasteiger partial charge in [0.05, 0.1) is 0 Å². The summed E-state index contributed by atoms with van der Waals surface area (Å²) in [5.41, 5.74) is -1.11. The fourth-order valence-electron chi connectivity index (χ4n) is 5.25. The highest BCUT2D eigenvalue weighted by Crippen LogP contribution is 2.63. The number of alkyl halides is 3. The third kappa shape index (κ3) is 1.95. The second-order valence-electron chi connectivity index (χ2n) is 8.01. The van der Waals surface area contributed by atoms with Gasteiger partial charge < -0.3 is 14.6 Å². The zero-order valence-electron chi connectivity index (χ0n) is 13.9. The Morgan fingerprint density at radius 1 is 1.00 bits per heavy atom. The van der Waals surface area contributed by atoms with E-state index in [2.05, 4.69) is 6.92 Å². The molecule has 2 bridgehead atoms. The quantitative estimate of drug-likeness (QED) is 0.679. The minimum absolute atomic E-state index is 0.0363. The molecule has 1 unspecified atom stereocenters. The van der Waals surface area contributed by atoms with Crippen LogP contribution in [0, 0.1) is 23.7 Å². The van der Waals surface area contributed by atoms with Crippen LogP contribution in [-0.4, -0.2) is 34.7 Å². The molecule has 1 aliphatic carbocycles. The Labute approximate surface area is 138 Å². The molecule has 8 heteroatoms. The first-order valence-electron chi connectivity index (χ1n) is 8.55. The highest BCUT2D eigenvalue weighted by atomic mass is 19.4. The maximum Gasteiger partial charge on any atom is 0.443 e. The number of ether oxygens (including phenoxy) is 2. The molecule has 4 aliphatic heterocycles. The van der Waals surface area contributed by atoms with Crippen molar-refractivity contribution in [1.82, 2.24) is 0 Å². The van der Waals surface area contributed by atoms with Crippen molar-refractivity contribution < 1.29 is 37.5 Å². The van der Waals surface area contributed by atoms with E-state index in [0.717, 1.165) is 12.8 Å². The number of hydrogen-bond acceptors (Lipinski definition) is 5. The lowest BCUT2D eigenvalue weighted by Gasteiger charge is -2.62. The van der Waals surface area contributed by atoms with E-state index >= 15 is 0 Å². The van der Waals surface area contributed by atoms with Crippen molar-refractivity contribution in [1.29, 1.82) is 0 Å². The lowest BCUT2D eigenvalue weighted by atomic mass is 9.57. The summed E-state index contributed by atoms with van der Waals surface area (Å²) in [6.07, 6.45) is -3.70. The summed E-state index contributed by atoms with van der Waals surface area (Å²) in [5.74, 6) is -5.94. The lowest BCUT2D eigenvalue weighted by Crippen LogP contribution is -2.75. The highest BCUT2D eigenvalue weighted by Gasteiger charge is 2.76. The number of aliphatic hydroxyl groups is 1. The molecule has 8 atom stereocenters. The molecule has 1 N–H and O–H groups in total. The van der Waals surface area contributed by atoms with Gasteiger partial charge in [-0.1, -0.05) is 13.8 Å². The van der Waals surface area contributed by atoms with Crippen molar-refractivity contribution >= 4 is 0 Å². The van der Waals surface area contributed by atoms with Crippen molar-refractivity contribution in [3.8, 4) is 0 Å². The van der Waals surface area contributed by atoms with Gasteiger partial charge in [-0.2, -0.15) is 13.2 Å². The van der Waals surface area contributed by atoms with Crippen LogP contribution in [0.2, 0.25) is 0 Å². The van der Waals surface area contributed by atoms with Crippen LogP contribution in [0.4, 0.5) is 13.2 Å². The Kier molecular flexibility index (Phi) is 3.44. The van der Waals surface area contributed by atoms with Crippen LogP contribution in [0.1, 0.15) is 46.5 Å².